The first-order valence-corrected chi connectivity index (χ1v) is 13.5. The van der Waals surface area contributed by atoms with E-state index < -0.39 is 11.9 Å². The first-order valence-electron chi connectivity index (χ1n) is 13.5. The van der Waals surface area contributed by atoms with Gasteiger partial charge in [0.1, 0.15) is 5.69 Å². The molecule has 208 valence electrons. The summed E-state index contributed by atoms with van der Waals surface area (Å²) in [5, 5.41) is 17.0. The van der Waals surface area contributed by atoms with Crippen molar-refractivity contribution in [1.29, 1.82) is 0 Å². The first kappa shape index (κ1) is 26.1. The number of carboxylic acid groups (broad SMARTS) is 1. The minimum Gasteiger partial charge on any atom is -0.465 e. The number of aromatic nitrogens is 5. The lowest BCUT2D eigenvalue weighted by Crippen LogP contribution is -2.44. The summed E-state index contributed by atoms with van der Waals surface area (Å²) in [5.74, 6) is -0.323. The fraction of sp³-hybridized carbons (Fsp3) is 0.393. The monoisotopic (exact) mass is 547 g/mol. The molecule has 0 saturated carbocycles. The molecule has 12 heteroatoms. The van der Waals surface area contributed by atoms with E-state index in [1.165, 1.54) is 4.90 Å². The Morgan fingerprint density at radius 3 is 2.88 bits per heavy atom. The minimum absolute atomic E-state index is 0.00868. The average Bonchev–Trinajstić information content (AvgIpc) is 3.42. The number of pyridine rings is 2. The molecule has 0 aliphatic carbocycles. The van der Waals surface area contributed by atoms with E-state index in [0.717, 1.165) is 24.8 Å². The standard InChI is InChI=1S/C28H30FN7O4/c29-24-25(18-9-10-20(30-14-18)17-40-23-8-2-4-13-39-23)33-26(21-15-31-36-12-3-1-7-22(21)36)34-27(24)32-19-6-5-11-35(16-19)28(37)38/h1,3,7,9-10,12,14-15,19,23H,2,4-6,8,11,13,16-17H2,(H,37,38)(H,32,33,34)/t19-,23?/m1/s1. The van der Waals surface area contributed by atoms with Crippen LogP contribution < -0.4 is 5.32 Å². The zero-order chi connectivity index (χ0) is 27.5. The molecule has 2 saturated heterocycles. The highest BCUT2D eigenvalue weighted by Gasteiger charge is 2.26. The summed E-state index contributed by atoms with van der Waals surface area (Å²) in [4.78, 5) is 26.5. The number of nitrogens with zero attached hydrogens (tertiary/aromatic N) is 6. The Balaban J connectivity index is 1.32. The molecule has 0 bridgehead atoms. The van der Waals surface area contributed by atoms with Crippen molar-refractivity contribution in [3.8, 4) is 22.6 Å². The van der Waals surface area contributed by atoms with Crippen LogP contribution in [0.2, 0.25) is 0 Å². The van der Waals surface area contributed by atoms with Crippen molar-refractivity contribution < 1.29 is 23.8 Å². The molecule has 4 aromatic rings. The van der Waals surface area contributed by atoms with Crippen LogP contribution in [0.4, 0.5) is 15.0 Å². The summed E-state index contributed by atoms with van der Waals surface area (Å²) in [5.41, 5.74) is 2.69. The number of hydrogen-bond donors (Lipinski definition) is 2. The van der Waals surface area contributed by atoms with E-state index in [9.17, 15) is 9.90 Å². The lowest BCUT2D eigenvalue weighted by atomic mass is 10.1. The van der Waals surface area contributed by atoms with Crippen LogP contribution in [0.3, 0.4) is 0 Å². The minimum atomic E-state index is -0.993. The Morgan fingerprint density at radius 2 is 2.08 bits per heavy atom. The molecule has 6 rings (SSSR count). The smallest absolute Gasteiger partial charge is 0.407 e. The molecular formula is C28H30FN7O4. The Labute approximate surface area is 230 Å². The molecule has 2 N–H and O–H groups in total. The van der Waals surface area contributed by atoms with Crippen molar-refractivity contribution in [2.45, 2.75) is 51.0 Å². The highest BCUT2D eigenvalue weighted by molar-refractivity contribution is 5.78. The summed E-state index contributed by atoms with van der Waals surface area (Å²) in [6, 6.07) is 8.89. The molecular weight excluding hydrogens is 517 g/mol. The van der Waals surface area contributed by atoms with Crippen molar-refractivity contribution >= 4 is 17.4 Å². The van der Waals surface area contributed by atoms with Crippen LogP contribution in [0.15, 0.2) is 48.9 Å². The molecule has 0 aromatic carbocycles. The van der Waals surface area contributed by atoms with Crippen LogP contribution in [0, 0.1) is 5.82 Å². The zero-order valence-electron chi connectivity index (χ0n) is 21.9. The maximum absolute atomic E-state index is 16.0. The third-order valence-electron chi connectivity index (χ3n) is 7.20. The van der Waals surface area contributed by atoms with Gasteiger partial charge >= 0.3 is 6.09 Å². The first-order chi connectivity index (χ1) is 19.5. The molecule has 2 atom stereocenters. The van der Waals surface area contributed by atoms with Gasteiger partial charge in [-0.3, -0.25) is 4.98 Å². The van der Waals surface area contributed by atoms with Crippen molar-refractivity contribution in [3.05, 3.63) is 60.4 Å². The van der Waals surface area contributed by atoms with Crippen LogP contribution >= 0.6 is 0 Å². The number of amides is 1. The molecule has 2 aliphatic rings. The van der Waals surface area contributed by atoms with Gasteiger partial charge < -0.3 is 24.8 Å². The van der Waals surface area contributed by atoms with Gasteiger partial charge in [0.15, 0.2) is 23.7 Å². The van der Waals surface area contributed by atoms with Crippen molar-refractivity contribution in [2.24, 2.45) is 0 Å². The van der Waals surface area contributed by atoms with Gasteiger partial charge in [0.2, 0.25) is 0 Å². The molecule has 0 spiro atoms. The third-order valence-corrected chi connectivity index (χ3v) is 7.20. The van der Waals surface area contributed by atoms with Gasteiger partial charge in [-0.1, -0.05) is 6.07 Å². The molecule has 1 unspecified atom stereocenters. The third kappa shape index (κ3) is 5.58. The number of rotatable bonds is 7. The number of piperidine rings is 1. The van der Waals surface area contributed by atoms with Gasteiger partial charge in [-0.05, 0) is 56.4 Å². The number of anilines is 1. The van der Waals surface area contributed by atoms with Gasteiger partial charge in [0, 0.05) is 43.7 Å². The number of nitrogens with one attached hydrogen (secondary N) is 1. The number of fused-ring (bicyclic) bond motifs is 1. The van der Waals surface area contributed by atoms with Gasteiger partial charge in [-0.15, -0.1) is 0 Å². The van der Waals surface area contributed by atoms with Gasteiger partial charge in [0.25, 0.3) is 0 Å². The molecule has 1 amide bonds. The second kappa shape index (κ2) is 11.5. The summed E-state index contributed by atoms with van der Waals surface area (Å²) in [6.45, 7) is 1.68. The second-order valence-corrected chi connectivity index (χ2v) is 10.0. The van der Waals surface area contributed by atoms with E-state index in [1.54, 1.807) is 29.0 Å². The lowest BCUT2D eigenvalue weighted by Gasteiger charge is -2.31. The van der Waals surface area contributed by atoms with Gasteiger partial charge in [-0.2, -0.15) is 5.10 Å². The van der Waals surface area contributed by atoms with E-state index >= 15 is 4.39 Å². The van der Waals surface area contributed by atoms with Crippen LogP contribution in [0.25, 0.3) is 28.2 Å². The number of hydrogen-bond acceptors (Lipinski definition) is 8. The fourth-order valence-corrected chi connectivity index (χ4v) is 5.09. The molecule has 4 aromatic heterocycles. The normalized spacial score (nSPS) is 19.6. The van der Waals surface area contributed by atoms with Crippen LogP contribution in [0.5, 0.6) is 0 Å². The highest BCUT2D eigenvalue weighted by atomic mass is 19.1. The Morgan fingerprint density at radius 1 is 1.15 bits per heavy atom. The molecule has 6 heterocycles. The Hall–Kier alpha value is -4.16. The van der Waals surface area contributed by atoms with E-state index in [0.29, 0.717) is 55.2 Å². The van der Waals surface area contributed by atoms with Gasteiger partial charge in [0.05, 0.1) is 29.6 Å². The summed E-state index contributed by atoms with van der Waals surface area (Å²) >= 11 is 0. The maximum atomic E-state index is 16.0. The van der Waals surface area contributed by atoms with Crippen LogP contribution in [-0.2, 0) is 16.1 Å². The van der Waals surface area contributed by atoms with Crippen molar-refractivity contribution in [2.75, 3.05) is 25.0 Å². The quantitative estimate of drug-likeness (QED) is 0.342. The van der Waals surface area contributed by atoms with E-state index in [2.05, 4.69) is 25.4 Å². The van der Waals surface area contributed by atoms with Crippen molar-refractivity contribution in [1.82, 2.24) is 29.5 Å². The number of likely N-dealkylation sites (tertiary alicyclic amines) is 1. The van der Waals surface area contributed by atoms with Crippen LogP contribution in [0.1, 0.15) is 37.8 Å². The molecule has 0 radical (unpaired) electrons. The van der Waals surface area contributed by atoms with Crippen LogP contribution in [-0.4, -0.2) is 72.7 Å². The maximum Gasteiger partial charge on any atom is 0.407 e. The van der Waals surface area contributed by atoms with E-state index in [-0.39, 0.29) is 30.4 Å². The predicted molar refractivity (Wildman–Crippen MR) is 144 cm³/mol. The van der Waals surface area contributed by atoms with Crippen molar-refractivity contribution in [3.63, 3.8) is 0 Å². The summed E-state index contributed by atoms with van der Waals surface area (Å²) < 4.78 is 29.1. The van der Waals surface area contributed by atoms with Gasteiger partial charge in [-0.25, -0.2) is 23.7 Å². The lowest BCUT2D eigenvalue weighted by molar-refractivity contribution is -0.169. The number of carbonyl (C=O) groups is 1. The topological polar surface area (TPSA) is 127 Å². The number of ether oxygens (including phenoxy) is 2. The second-order valence-electron chi connectivity index (χ2n) is 10.0. The molecule has 40 heavy (non-hydrogen) atoms. The molecule has 2 aliphatic heterocycles. The average molecular weight is 548 g/mol. The Kier molecular flexibility index (Phi) is 7.51. The fourth-order valence-electron chi connectivity index (χ4n) is 5.09. The molecule has 2 fully saturated rings. The summed E-state index contributed by atoms with van der Waals surface area (Å²) in [7, 11) is 0. The SMILES string of the molecule is O=C(O)N1CCC[C@@H](Nc2nc(-c3cnn4ccccc34)nc(-c3ccc(COC4CCCCO4)nc3)c2F)C1. The number of halogens is 1. The highest BCUT2D eigenvalue weighted by Crippen LogP contribution is 2.31. The predicted octanol–water partition coefficient (Wildman–Crippen LogP) is 4.59. The van der Waals surface area contributed by atoms with E-state index in [4.69, 9.17) is 9.47 Å². The van der Waals surface area contributed by atoms with E-state index in [1.807, 2.05) is 24.4 Å². The largest absolute Gasteiger partial charge is 0.465 e. The Bertz CT molecular complexity index is 1490. The molecule has 11 nitrogen and oxygen atoms in total. The zero-order valence-corrected chi connectivity index (χ0v) is 21.9. The summed E-state index contributed by atoms with van der Waals surface area (Å²) in [6.07, 6.45) is 8.15.